The molecule has 2 rings (SSSR count). The second-order valence-electron chi connectivity index (χ2n) is 8.55. The van der Waals surface area contributed by atoms with Crippen molar-refractivity contribution >= 4 is 0 Å². The van der Waals surface area contributed by atoms with Crippen LogP contribution in [0.1, 0.15) is 104 Å². The van der Waals surface area contributed by atoms with E-state index in [0.29, 0.717) is 0 Å². The Kier molecular flexibility index (Phi) is 8.04. The van der Waals surface area contributed by atoms with E-state index >= 15 is 0 Å². The molecular weight excluding hydrogens is 264 g/mol. The van der Waals surface area contributed by atoms with Gasteiger partial charge in [0.15, 0.2) is 0 Å². The van der Waals surface area contributed by atoms with Crippen LogP contribution >= 0.6 is 0 Å². The van der Waals surface area contributed by atoms with Gasteiger partial charge in [-0.05, 0) is 69.1 Å². The van der Waals surface area contributed by atoms with Crippen molar-refractivity contribution in [3.05, 3.63) is 12.2 Å². The summed E-state index contributed by atoms with van der Waals surface area (Å²) in [5.41, 5.74) is 1.38. The summed E-state index contributed by atoms with van der Waals surface area (Å²) in [5, 5.41) is 0. The minimum Gasteiger partial charge on any atom is -0.100 e. The molecule has 0 saturated heterocycles. The van der Waals surface area contributed by atoms with E-state index in [2.05, 4.69) is 20.4 Å². The fraction of sp³-hybridized carbons (Fsp3) is 0.909. The number of unbranched alkanes of at least 4 members (excludes halogenated alkanes) is 2. The highest BCUT2D eigenvalue weighted by Crippen LogP contribution is 2.43. The van der Waals surface area contributed by atoms with E-state index in [0.717, 1.165) is 23.7 Å². The molecular formula is C22H40. The Labute approximate surface area is 140 Å². The lowest BCUT2D eigenvalue weighted by Gasteiger charge is -2.38. The molecule has 0 N–H and O–H groups in total. The molecule has 128 valence electrons. The molecule has 0 aliphatic heterocycles. The minimum atomic E-state index is 1.01. The van der Waals surface area contributed by atoms with Gasteiger partial charge in [-0.2, -0.15) is 0 Å². The van der Waals surface area contributed by atoms with Crippen LogP contribution in [0.25, 0.3) is 0 Å². The fourth-order valence-corrected chi connectivity index (χ4v) is 5.03. The average molecular weight is 305 g/mol. The molecule has 0 bridgehead atoms. The fourth-order valence-electron chi connectivity index (χ4n) is 5.03. The topological polar surface area (TPSA) is 0 Å². The van der Waals surface area contributed by atoms with Gasteiger partial charge in [0.1, 0.15) is 0 Å². The lowest BCUT2D eigenvalue weighted by atomic mass is 9.68. The zero-order valence-electron chi connectivity index (χ0n) is 15.4. The monoisotopic (exact) mass is 304 g/mol. The Hall–Kier alpha value is -0.260. The Morgan fingerprint density at radius 3 is 1.73 bits per heavy atom. The molecule has 0 atom stereocenters. The van der Waals surface area contributed by atoms with Crippen LogP contribution in [-0.4, -0.2) is 0 Å². The zero-order valence-corrected chi connectivity index (χ0v) is 15.4. The summed E-state index contributed by atoms with van der Waals surface area (Å²) in [4.78, 5) is 0. The first-order valence-corrected chi connectivity index (χ1v) is 10.3. The molecule has 0 heteroatoms. The first-order chi connectivity index (χ1) is 10.7. The molecule has 0 aromatic heterocycles. The molecule has 2 fully saturated rings. The largest absolute Gasteiger partial charge is 0.100 e. The maximum absolute atomic E-state index is 4.06. The van der Waals surface area contributed by atoms with Crippen molar-refractivity contribution in [3.8, 4) is 0 Å². The van der Waals surface area contributed by atoms with E-state index in [4.69, 9.17) is 0 Å². The van der Waals surface area contributed by atoms with Gasteiger partial charge >= 0.3 is 0 Å². The molecule has 0 amide bonds. The van der Waals surface area contributed by atoms with E-state index in [-0.39, 0.29) is 0 Å². The van der Waals surface area contributed by atoms with Crippen LogP contribution in [0.15, 0.2) is 12.2 Å². The van der Waals surface area contributed by atoms with Crippen LogP contribution in [0.3, 0.4) is 0 Å². The van der Waals surface area contributed by atoms with Crippen LogP contribution in [0.2, 0.25) is 0 Å². The zero-order chi connectivity index (χ0) is 15.8. The van der Waals surface area contributed by atoms with Crippen molar-refractivity contribution in [1.29, 1.82) is 0 Å². The molecule has 0 nitrogen and oxygen atoms in total. The lowest BCUT2D eigenvalue weighted by Crippen LogP contribution is -2.25. The third-order valence-electron chi connectivity index (χ3n) is 6.64. The Morgan fingerprint density at radius 2 is 1.27 bits per heavy atom. The van der Waals surface area contributed by atoms with Gasteiger partial charge in [0.25, 0.3) is 0 Å². The molecule has 0 unspecified atom stereocenters. The minimum absolute atomic E-state index is 1.01. The summed E-state index contributed by atoms with van der Waals surface area (Å²) < 4.78 is 0. The molecule has 0 heterocycles. The summed E-state index contributed by atoms with van der Waals surface area (Å²) in [6.07, 6.45) is 20.8. The average Bonchev–Trinajstić information content (AvgIpc) is 2.54. The lowest BCUT2D eigenvalue weighted by molar-refractivity contribution is 0.140. The van der Waals surface area contributed by atoms with Crippen LogP contribution in [-0.2, 0) is 0 Å². The number of hydrogen-bond donors (Lipinski definition) is 0. The Balaban J connectivity index is 1.61. The first kappa shape index (κ1) is 18.1. The van der Waals surface area contributed by atoms with Gasteiger partial charge < -0.3 is 0 Å². The van der Waals surface area contributed by atoms with E-state index < -0.39 is 0 Å². The summed E-state index contributed by atoms with van der Waals surface area (Å²) in [5.74, 6) is 4.26. The summed E-state index contributed by atoms with van der Waals surface area (Å²) in [6, 6.07) is 0. The van der Waals surface area contributed by atoms with Gasteiger partial charge in [0.2, 0.25) is 0 Å². The highest BCUT2D eigenvalue weighted by Gasteiger charge is 2.30. The molecule has 2 aliphatic carbocycles. The van der Waals surface area contributed by atoms with Crippen molar-refractivity contribution in [2.45, 2.75) is 104 Å². The third kappa shape index (κ3) is 6.09. The maximum Gasteiger partial charge on any atom is -0.0323 e. The first-order valence-electron chi connectivity index (χ1n) is 10.3. The van der Waals surface area contributed by atoms with E-state index in [1.807, 2.05) is 0 Å². The second-order valence-corrected chi connectivity index (χ2v) is 8.55. The number of rotatable bonds is 8. The molecule has 22 heavy (non-hydrogen) atoms. The summed E-state index contributed by atoms with van der Waals surface area (Å²) in [6.45, 7) is 8.57. The van der Waals surface area contributed by atoms with Crippen molar-refractivity contribution in [3.63, 3.8) is 0 Å². The highest BCUT2D eigenvalue weighted by atomic mass is 14.4. The SMILES string of the molecule is C=C(C)CCC1CCC(C2CCC(CCCCC)CC2)CC1. The summed E-state index contributed by atoms with van der Waals surface area (Å²) >= 11 is 0. The van der Waals surface area contributed by atoms with Crippen LogP contribution in [0, 0.1) is 23.7 Å². The maximum atomic E-state index is 4.06. The summed E-state index contributed by atoms with van der Waals surface area (Å²) in [7, 11) is 0. The molecule has 0 aromatic rings. The smallest absolute Gasteiger partial charge is 0.0323 e. The standard InChI is InChI=1S/C22H40/c1-4-5-6-7-19-10-14-21(15-11-19)22-16-12-20(13-17-22)9-8-18(2)3/h19-22H,2,4-17H2,1,3H3. The van der Waals surface area contributed by atoms with Gasteiger partial charge in [-0.15, -0.1) is 6.58 Å². The van der Waals surface area contributed by atoms with E-state index in [9.17, 15) is 0 Å². The van der Waals surface area contributed by atoms with Crippen molar-refractivity contribution in [2.75, 3.05) is 0 Å². The normalized spacial score (nSPS) is 32.8. The van der Waals surface area contributed by atoms with Crippen molar-refractivity contribution in [1.82, 2.24) is 0 Å². The van der Waals surface area contributed by atoms with Gasteiger partial charge in [-0.1, -0.05) is 63.9 Å². The third-order valence-corrected chi connectivity index (χ3v) is 6.64. The number of hydrogen-bond acceptors (Lipinski definition) is 0. The van der Waals surface area contributed by atoms with E-state index in [1.54, 1.807) is 25.7 Å². The quantitative estimate of drug-likeness (QED) is 0.321. The predicted octanol–water partition coefficient (Wildman–Crippen LogP) is 7.54. The van der Waals surface area contributed by atoms with E-state index in [1.165, 1.54) is 69.8 Å². The van der Waals surface area contributed by atoms with Crippen LogP contribution in [0.5, 0.6) is 0 Å². The van der Waals surface area contributed by atoms with Crippen molar-refractivity contribution in [2.24, 2.45) is 23.7 Å². The molecule has 2 aliphatic rings. The van der Waals surface area contributed by atoms with Gasteiger partial charge in [-0.3, -0.25) is 0 Å². The van der Waals surface area contributed by atoms with Gasteiger partial charge in [0, 0.05) is 0 Å². The van der Waals surface area contributed by atoms with Crippen LogP contribution < -0.4 is 0 Å². The number of allylic oxidation sites excluding steroid dienone is 1. The molecule has 0 radical (unpaired) electrons. The Bertz CT molecular complexity index is 300. The predicted molar refractivity (Wildman–Crippen MR) is 99.1 cm³/mol. The van der Waals surface area contributed by atoms with Gasteiger partial charge in [-0.25, -0.2) is 0 Å². The molecule has 0 spiro atoms. The molecule has 0 aromatic carbocycles. The van der Waals surface area contributed by atoms with Crippen molar-refractivity contribution < 1.29 is 0 Å². The van der Waals surface area contributed by atoms with Gasteiger partial charge in [0.05, 0.1) is 0 Å². The van der Waals surface area contributed by atoms with Crippen LogP contribution in [0.4, 0.5) is 0 Å². The molecule has 2 saturated carbocycles. The Morgan fingerprint density at radius 1 is 0.773 bits per heavy atom. The second kappa shape index (κ2) is 9.78. The highest BCUT2D eigenvalue weighted by molar-refractivity contribution is 4.89.